The van der Waals surface area contributed by atoms with E-state index in [1.807, 2.05) is 6.07 Å². The zero-order valence-electron chi connectivity index (χ0n) is 24.3. The first-order valence-corrected chi connectivity index (χ1v) is 15.4. The summed E-state index contributed by atoms with van der Waals surface area (Å²) in [6, 6.07) is 56.5. The van der Waals surface area contributed by atoms with Crippen LogP contribution in [0.25, 0.3) is 88.1 Å². The first kappa shape index (κ1) is 24.4. The highest BCUT2D eigenvalue weighted by Gasteiger charge is 2.21. The van der Waals surface area contributed by atoms with E-state index >= 15 is 0 Å². The van der Waals surface area contributed by atoms with Gasteiger partial charge in [-0.1, -0.05) is 115 Å². The van der Waals surface area contributed by atoms with E-state index in [1.165, 1.54) is 54.8 Å². The van der Waals surface area contributed by atoms with E-state index in [0.717, 1.165) is 33.3 Å². The lowest BCUT2D eigenvalue weighted by Crippen LogP contribution is -1.96. The molecule has 0 fully saturated rings. The largest absolute Gasteiger partial charge is 0.439 e. The molecule has 0 N–H and O–H groups in total. The summed E-state index contributed by atoms with van der Waals surface area (Å²) in [6.07, 6.45) is 0. The molecule has 0 bridgehead atoms. The van der Waals surface area contributed by atoms with Crippen molar-refractivity contribution in [3.8, 4) is 22.5 Å². The number of furan rings is 1. The van der Waals surface area contributed by atoms with Gasteiger partial charge < -0.3 is 8.98 Å². The number of hydrogen-bond donors (Lipinski definition) is 0. The van der Waals surface area contributed by atoms with Crippen LogP contribution >= 0.6 is 0 Å². The van der Waals surface area contributed by atoms with Crippen molar-refractivity contribution in [1.82, 2.24) is 9.13 Å². The molecule has 7 aromatic carbocycles. The quantitative estimate of drug-likeness (QED) is 0.206. The van der Waals surface area contributed by atoms with Gasteiger partial charge in [0, 0.05) is 32.6 Å². The minimum atomic E-state index is 0.876. The number of hydrogen-bond acceptors (Lipinski definition) is 1. The molecule has 0 aliphatic rings. The average Bonchev–Trinajstić information content (AvgIpc) is 3.75. The van der Waals surface area contributed by atoms with Gasteiger partial charge in [0.2, 0.25) is 5.71 Å². The summed E-state index contributed by atoms with van der Waals surface area (Å²) in [7, 11) is 0. The van der Waals surface area contributed by atoms with E-state index in [9.17, 15) is 0 Å². The van der Waals surface area contributed by atoms with Crippen molar-refractivity contribution in [2.45, 2.75) is 0 Å². The molecule has 3 aromatic heterocycles. The predicted octanol–water partition coefficient (Wildman–Crippen LogP) is 11.4. The summed E-state index contributed by atoms with van der Waals surface area (Å²) >= 11 is 0. The molecule has 0 saturated heterocycles. The summed E-state index contributed by atoms with van der Waals surface area (Å²) < 4.78 is 11.2. The standard InChI is InChI=1S/C42H26N2O/c1-2-12-28(13-3-1)43-39-26-27(22-23-34(39)41-35-18-8-11-21-40(35)45-42(41)43)29-24-25-38(31-15-5-4-14-30(29)31)44-36-19-9-6-16-32(36)33-17-7-10-20-37(33)44/h1-26H. The maximum Gasteiger partial charge on any atom is 0.213 e. The molecule has 45 heavy (non-hydrogen) atoms. The molecule has 0 atom stereocenters. The topological polar surface area (TPSA) is 23.0 Å². The molecule has 0 spiro atoms. The highest BCUT2D eigenvalue weighted by molar-refractivity contribution is 6.20. The molecule has 0 aliphatic carbocycles. The molecule has 0 saturated carbocycles. The first-order chi connectivity index (χ1) is 22.3. The molecule has 0 amide bonds. The van der Waals surface area contributed by atoms with Crippen LogP contribution in [-0.2, 0) is 0 Å². The van der Waals surface area contributed by atoms with Crippen LogP contribution in [-0.4, -0.2) is 9.13 Å². The molecule has 10 rings (SSSR count). The van der Waals surface area contributed by atoms with Crippen LogP contribution in [0.3, 0.4) is 0 Å². The van der Waals surface area contributed by atoms with E-state index in [2.05, 4.69) is 161 Å². The smallest absolute Gasteiger partial charge is 0.213 e. The minimum absolute atomic E-state index is 0.876. The van der Waals surface area contributed by atoms with E-state index in [-0.39, 0.29) is 0 Å². The third-order valence-corrected chi connectivity index (χ3v) is 9.34. The molecule has 3 nitrogen and oxygen atoms in total. The molecule has 10 aromatic rings. The molecule has 3 heterocycles. The molecule has 0 unspecified atom stereocenters. The fourth-order valence-electron chi connectivity index (χ4n) is 7.40. The monoisotopic (exact) mass is 574 g/mol. The Morgan fingerprint density at radius 1 is 0.400 bits per heavy atom. The van der Waals surface area contributed by atoms with Crippen LogP contribution in [0.15, 0.2) is 162 Å². The highest BCUT2D eigenvalue weighted by atomic mass is 16.3. The number of fused-ring (bicyclic) bond motifs is 9. The van der Waals surface area contributed by atoms with Crippen LogP contribution in [0, 0.1) is 0 Å². The second kappa shape index (κ2) is 9.22. The van der Waals surface area contributed by atoms with Gasteiger partial charge in [-0.15, -0.1) is 0 Å². The number of benzene rings is 7. The summed E-state index contributed by atoms with van der Waals surface area (Å²) in [5.74, 6) is 0. The number of aromatic nitrogens is 2. The van der Waals surface area contributed by atoms with E-state index in [0.29, 0.717) is 0 Å². The minimum Gasteiger partial charge on any atom is -0.439 e. The molecule has 0 radical (unpaired) electrons. The average molecular weight is 575 g/mol. The zero-order valence-corrected chi connectivity index (χ0v) is 24.3. The lowest BCUT2D eigenvalue weighted by Gasteiger charge is -2.15. The third-order valence-electron chi connectivity index (χ3n) is 9.34. The van der Waals surface area contributed by atoms with Crippen LogP contribution < -0.4 is 0 Å². The van der Waals surface area contributed by atoms with Crippen LogP contribution in [0.5, 0.6) is 0 Å². The van der Waals surface area contributed by atoms with Gasteiger partial charge in [-0.25, -0.2) is 0 Å². The van der Waals surface area contributed by atoms with Crippen molar-refractivity contribution in [2.24, 2.45) is 0 Å². The van der Waals surface area contributed by atoms with Gasteiger partial charge in [0.1, 0.15) is 5.58 Å². The Kier molecular flexibility index (Phi) is 5.00. The Labute approximate surface area is 258 Å². The van der Waals surface area contributed by atoms with Gasteiger partial charge in [-0.05, 0) is 59.0 Å². The number of nitrogens with zero attached hydrogens (tertiary/aromatic N) is 2. The molecule has 0 aliphatic heterocycles. The maximum atomic E-state index is 6.53. The Morgan fingerprint density at radius 2 is 1.02 bits per heavy atom. The lowest BCUT2D eigenvalue weighted by molar-refractivity contribution is 0.645. The fraction of sp³-hybridized carbons (Fsp3) is 0. The van der Waals surface area contributed by atoms with Gasteiger partial charge in [0.25, 0.3) is 0 Å². The van der Waals surface area contributed by atoms with Crippen LogP contribution in [0.4, 0.5) is 0 Å². The van der Waals surface area contributed by atoms with Gasteiger partial charge in [0.15, 0.2) is 0 Å². The second-order valence-electron chi connectivity index (χ2n) is 11.7. The zero-order chi connectivity index (χ0) is 29.5. The van der Waals surface area contributed by atoms with Crippen molar-refractivity contribution in [3.05, 3.63) is 158 Å². The van der Waals surface area contributed by atoms with E-state index in [4.69, 9.17) is 4.42 Å². The molecular weight excluding hydrogens is 548 g/mol. The summed E-state index contributed by atoms with van der Waals surface area (Å²) in [5.41, 5.74) is 10.00. The Balaban J connectivity index is 1.25. The highest BCUT2D eigenvalue weighted by Crippen LogP contribution is 2.42. The number of rotatable bonds is 3. The molecule has 3 heteroatoms. The molecule has 210 valence electrons. The fourth-order valence-corrected chi connectivity index (χ4v) is 7.40. The Bertz CT molecular complexity index is 2710. The summed E-state index contributed by atoms with van der Waals surface area (Å²) in [5, 5.41) is 8.47. The number of para-hydroxylation sites is 4. The second-order valence-corrected chi connectivity index (χ2v) is 11.7. The SMILES string of the molecule is c1ccc(-n2c3cc(-c4ccc(-n5c6ccccc6c6ccccc65)c5ccccc45)ccc3c3c4ccccc4oc32)cc1. The van der Waals surface area contributed by atoms with Crippen molar-refractivity contribution in [1.29, 1.82) is 0 Å². The van der Waals surface area contributed by atoms with Crippen molar-refractivity contribution < 1.29 is 4.42 Å². The van der Waals surface area contributed by atoms with E-state index in [1.54, 1.807) is 0 Å². The lowest BCUT2D eigenvalue weighted by atomic mass is 9.96. The van der Waals surface area contributed by atoms with Crippen molar-refractivity contribution in [3.63, 3.8) is 0 Å². The predicted molar refractivity (Wildman–Crippen MR) is 188 cm³/mol. The van der Waals surface area contributed by atoms with Crippen molar-refractivity contribution in [2.75, 3.05) is 0 Å². The van der Waals surface area contributed by atoms with E-state index < -0.39 is 0 Å². The van der Waals surface area contributed by atoms with Gasteiger partial charge in [-0.3, -0.25) is 4.57 Å². The van der Waals surface area contributed by atoms with Crippen LogP contribution in [0.2, 0.25) is 0 Å². The van der Waals surface area contributed by atoms with Crippen LogP contribution in [0.1, 0.15) is 0 Å². The first-order valence-electron chi connectivity index (χ1n) is 15.4. The third kappa shape index (κ3) is 3.41. The molecular formula is C42H26N2O. The van der Waals surface area contributed by atoms with Gasteiger partial charge in [0.05, 0.1) is 27.6 Å². The summed E-state index contributed by atoms with van der Waals surface area (Å²) in [6.45, 7) is 0. The summed E-state index contributed by atoms with van der Waals surface area (Å²) in [4.78, 5) is 0. The normalized spacial score (nSPS) is 12.0. The van der Waals surface area contributed by atoms with Crippen molar-refractivity contribution >= 4 is 65.6 Å². The van der Waals surface area contributed by atoms with Gasteiger partial charge in [-0.2, -0.15) is 0 Å². The maximum absolute atomic E-state index is 6.53. The van der Waals surface area contributed by atoms with Gasteiger partial charge >= 0.3 is 0 Å². The Morgan fingerprint density at radius 3 is 1.78 bits per heavy atom. The Hall–Kier alpha value is -6.06.